The largest absolute Gasteiger partial charge is 0.624 e. The number of hydroxylamine groups is 1. The zero-order chi connectivity index (χ0) is 17.7. The van der Waals surface area contributed by atoms with E-state index in [0.29, 0.717) is 11.2 Å². The van der Waals surface area contributed by atoms with Crippen LogP contribution in [-0.2, 0) is 4.79 Å². The summed E-state index contributed by atoms with van der Waals surface area (Å²) in [5, 5.41) is 10.8. The number of hydrogen-bond donors (Lipinski definition) is 0. The van der Waals surface area contributed by atoms with Gasteiger partial charge in [-0.05, 0) is 12.8 Å². The summed E-state index contributed by atoms with van der Waals surface area (Å²) in [6.07, 6.45) is 0.314. The Labute approximate surface area is 128 Å². The fourth-order valence-corrected chi connectivity index (χ4v) is 1.87. The first-order valence-corrected chi connectivity index (χ1v) is 6.66. The molecule has 0 aliphatic heterocycles. The van der Waals surface area contributed by atoms with E-state index in [0.717, 1.165) is 0 Å². The number of carbonyl (C=O) groups is 1. The van der Waals surface area contributed by atoms with Crippen molar-refractivity contribution in [3.63, 3.8) is 0 Å². The van der Waals surface area contributed by atoms with Gasteiger partial charge < -0.3 is 9.94 Å². The highest BCUT2D eigenvalue weighted by molar-refractivity contribution is 5.72. The lowest BCUT2D eigenvalue weighted by Gasteiger charge is -2.13. The molecular formula is C14H14F5NO3. The maximum atomic E-state index is 13.3. The SMILES string of the molecule is C=[N+]([O-])CC(CC)CCC(=O)Oc1c(F)c(F)c(F)c(F)c1F. The molecular weight excluding hydrogens is 325 g/mol. The van der Waals surface area contributed by atoms with Crippen LogP contribution >= 0.6 is 0 Å². The molecule has 0 heterocycles. The van der Waals surface area contributed by atoms with E-state index in [2.05, 4.69) is 11.5 Å². The third-order valence-electron chi connectivity index (χ3n) is 3.18. The number of ether oxygens (including phenoxy) is 1. The van der Waals surface area contributed by atoms with Gasteiger partial charge in [-0.1, -0.05) is 6.92 Å². The van der Waals surface area contributed by atoms with Crippen LogP contribution in [0.1, 0.15) is 26.2 Å². The molecule has 128 valence electrons. The Kier molecular flexibility index (Phi) is 6.47. The van der Waals surface area contributed by atoms with Gasteiger partial charge in [0, 0.05) is 12.3 Å². The van der Waals surface area contributed by atoms with E-state index < -0.39 is 40.8 Å². The summed E-state index contributed by atoms with van der Waals surface area (Å²) in [6, 6.07) is 0. The zero-order valence-electron chi connectivity index (χ0n) is 12.2. The smallest absolute Gasteiger partial charge is 0.311 e. The molecule has 0 saturated carbocycles. The topological polar surface area (TPSA) is 52.4 Å². The molecule has 1 unspecified atom stereocenters. The van der Waals surface area contributed by atoms with Gasteiger partial charge in [-0.15, -0.1) is 0 Å². The molecule has 0 fully saturated rings. The molecule has 0 N–H and O–H groups in total. The summed E-state index contributed by atoms with van der Waals surface area (Å²) in [7, 11) is 0. The number of rotatable bonds is 7. The number of benzene rings is 1. The number of halogens is 5. The summed E-state index contributed by atoms with van der Waals surface area (Å²) in [4.78, 5) is 11.5. The van der Waals surface area contributed by atoms with Crippen molar-refractivity contribution in [3.8, 4) is 5.75 Å². The monoisotopic (exact) mass is 339 g/mol. The van der Waals surface area contributed by atoms with Gasteiger partial charge >= 0.3 is 5.97 Å². The second-order valence-corrected chi connectivity index (χ2v) is 4.85. The van der Waals surface area contributed by atoms with E-state index in [1.165, 1.54) is 0 Å². The van der Waals surface area contributed by atoms with Crippen molar-refractivity contribution in [2.45, 2.75) is 26.2 Å². The molecule has 0 amide bonds. The summed E-state index contributed by atoms with van der Waals surface area (Å²) < 4.78 is 70.1. The van der Waals surface area contributed by atoms with Gasteiger partial charge in [0.15, 0.2) is 6.54 Å². The average Bonchev–Trinajstić information content (AvgIpc) is 2.51. The van der Waals surface area contributed by atoms with Crippen molar-refractivity contribution < 1.29 is 36.2 Å². The number of carbonyl (C=O) groups excluding carboxylic acids is 1. The summed E-state index contributed by atoms with van der Waals surface area (Å²) >= 11 is 0. The van der Waals surface area contributed by atoms with E-state index in [1.807, 2.05) is 0 Å². The lowest BCUT2D eigenvalue weighted by atomic mass is 10.0. The molecule has 1 rings (SSSR count). The Morgan fingerprint density at radius 3 is 2.04 bits per heavy atom. The highest BCUT2D eigenvalue weighted by Gasteiger charge is 2.28. The van der Waals surface area contributed by atoms with Crippen LogP contribution in [0.2, 0.25) is 0 Å². The lowest BCUT2D eigenvalue weighted by Crippen LogP contribution is -2.18. The minimum Gasteiger partial charge on any atom is -0.624 e. The van der Waals surface area contributed by atoms with Gasteiger partial charge in [-0.2, -0.15) is 8.78 Å². The van der Waals surface area contributed by atoms with Crippen molar-refractivity contribution in [3.05, 3.63) is 34.3 Å². The lowest BCUT2D eigenvalue weighted by molar-refractivity contribution is -0.457. The number of esters is 1. The Hall–Kier alpha value is -2.19. The highest BCUT2D eigenvalue weighted by atomic mass is 19.2. The molecule has 0 aliphatic carbocycles. The molecule has 4 nitrogen and oxygen atoms in total. The van der Waals surface area contributed by atoms with Crippen LogP contribution in [0.5, 0.6) is 5.75 Å². The predicted molar refractivity (Wildman–Crippen MR) is 70.5 cm³/mol. The van der Waals surface area contributed by atoms with Crippen molar-refractivity contribution in [2.75, 3.05) is 6.54 Å². The third-order valence-corrected chi connectivity index (χ3v) is 3.18. The third kappa shape index (κ3) is 4.64. The van der Waals surface area contributed by atoms with Crippen molar-refractivity contribution >= 4 is 12.7 Å². The maximum absolute atomic E-state index is 13.3. The zero-order valence-corrected chi connectivity index (χ0v) is 12.2. The molecule has 0 aromatic heterocycles. The minimum atomic E-state index is -2.34. The van der Waals surface area contributed by atoms with E-state index >= 15 is 0 Å². The Morgan fingerprint density at radius 1 is 1.13 bits per heavy atom. The summed E-state index contributed by atoms with van der Waals surface area (Å²) in [5.74, 6) is -14.2. The van der Waals surface area contributed by atoms with Crippen LogP contribution in [0, 0.1) is 40.2 Å². The maximum Gasteiger partial charge on any atom is 0.311 e. The highest BCUT2D eigenvalue weighted by Crippen LogP contribution is 2.29. The van der Waals surface area contributed by atoms with Crippen molar-refractivity contribution in [1.29, 1.82) is 0 Å². The summed E-state index contributed by atoms with van der Waals surface area (Å²) in [6.45, 7) is 4.90. The Morgan fingerprint density at radius 2 is 1.61 bits per heavy atom. The van der Waals surface area contributed by atoms with Crippen LogP contribution in [0.3, 0.4) is 0 Å². The number of hydrogen-bond acceptors (Lipinski definition) is 3. The Bertz CT molecular complexity index is 592. The van der Waals surface area contributed by atoms with Gasteiger partial charge in [0.1, 0.15) is 6.72 Å². The molecule has 1 aromatic carbocycles. The fraction of sp³-hybridized carbons (Fsp3) is 0.429. The van der Waals surface area contributed by atoms with Crippen LogP contribution in [0.15, 0.2) is 0 Å². The normalized spacial score (nSPS) is 12.1. The second-order valence-electron chi connectivity index (χ2n) is 4.85. The molecule has 0 radical (unpaired) electrons. The average molecular weight is 339 g/mol. The quantitative estimate of drug-likeness (QED) is 0.0881. The first-order chi connectivity index (χ1) is 10.7. The van der Waals surface area contributed by atoms with Gasteiger partial charge in [-0.25, -0.2) is 17.9 Å². The number of nitrogens with zero attached hydrogens (tertiary/aromatic N) is 1. The molecule has 1 aromatic rings. The Balaban J connectivity index is 2.81. The second kappa shape index (κ2) is 7.89. The molecule has 0 aliphatic rings. The standard InChI is InChI=1S/C14H14F5NO3/c1-3-7(6-20(2)22)4-5-8(21)23-14-12(18)10(16)9(15)11(17)13(14)19/h7H,2-6H2,1H3. The first kappa shape index (κ1) is 18.9. The predicted octanol–water partition coefficient (Wildman–Crippen LogP) is 3.30. The van der Waals surface area contributed by atoms with E-state index in [1.54, 1.807) is 6.92 Å². The molecule has 23 heavy (non-hydrogen) atoms. The summed E-state index contributed by atoms with van der Waals surface area (Å²) in [5.41, 5.74) is 0. The van der Waals surface area contributed by atoms with Gasteiger partial charge in [0.25, 0.3) is 0 Å². The first-order valence-electron chi connectivity index (χ1n) is 6.66. The van der Waals surface area contributed by atoms with E-state index in [9.17, 15) is 32.0 Å². The molecule has 1 atom stereocenters. The molecule has 0 saturated heterocycles. The van der Waals surface area contributed by atoms with Crippen LogP contribution in [-0.4, -0.2) is 24.0 Å². The molecule has 0 spiro atoms. The fourth-order valence-electron chi connectivity index (χ4n) is 1.87. The van der Waals surface area contributed by atoms with Crippen LogP contribution in [0.25, 0.3) is 0 Å². The minimum absolute atomic E-state index is 0.0340. The van der Waals surface area contributed by atoms with Crippen molar-refractivity contribution in [1.82, 2.24) is 0 Å². The molecule has 0 bridgehead atoms. The van der Waals surface area contributed by atoms with Gasteiger partial charge in [0.2, 0.25) is 34.8 Å². The van der Waals surface area contributed by atoms with Gasteiger partial charge in [0.05, 0.1) is 0 Å². The van der Waals surface area contributed by atoms with E-state index in [-0.39, 0.29) is 25.3 Å². The van der Waals surface area contributed by atoms with Gasteiger partial charge in [-0.3, -0.25) is 4.79 Å². The van der Waals surface area contributed by atoms with Crippen LogP contribution < -0.4 is 4.74 Å². The van der Waals surface area contributed by atoms with E-state index in [4.69, 9.17) is 0 Å². The van der Waals surface area contributed by atoms with Crippen LogP contribution in [0.4, 0.5) is 22.0 Å². The molecule has 9 heteroatoms. The van der Waals surface area contributed by atoms with Crippen molar-refractivity contribution in [2.24, 2.45) is 5.92 Å².